The maximum atomic E-state index is 12.3. The first-order valence-corrected chi connectivity index (χ1v) is 9.38. The number of nitrogens with zero attached hydrogens (tertiary/aromatic N) is 1. The Morgan fingerprint density at radius 2 is 1.89 bits per heavy atom. The van der Waals surface area contributed by atoms with Crippen LogP contribution in [0.15, 0.2) is 30.3 Å². The Morgan fingerprint density at radius 3 is 2.57 bits per heavy atom. The number of hydrogen-bond donors (Lipinski definition) is 1. The Labute approximate surface area is 166 Å². The highest BCUT2D eigenvalue weighted by atomic mass is 32.1. The van der Waals surface area contributed by atoms with E-state index in [4.69, 9.17) is 14.2 Å². The molecule has 2 heterocycles. The Hall–Kier alpha value is -3.07. The van der Waals surface area contributed by atoms with Crippen molar-refractivity contribution in [3.05, 3.63) is 46.3 Å². The van der Waals surface area contributed by atoms with Gasteiger partial charge in [0.2, 0.25) is 0 Å². The minimum atomic E-state index is -0.525. The number of hydrogen-bond acceptors (Lipinski definition) is 7. The van der Waals surface area contributed by atoms with Crippen LogP contribution in [0.5, 0.6) is 5.75 Å². The summed E-state index contributed by atoms with van der Waals surface area (Å²) < 4.78 is 15.1. The molecule has 0 bridgehead atoms. The van der Waals surface area contributed by atoms with Crippen molar-refractivity contribution in [1.29, 1.82) is 0 Å². The summed E-state index contributed by atoms with van der Waals surface area (Å²) in [6, 6.07) is 8.96. The third-order valence-electron chi connectivity index (χ3n) is 4.25. The van der Waals surface area contributed by atoms with Crippen molar-refractivity contribution in [2.45, 2.75) is 13.0 Å². The number of ether oxygens (including phenoxy) is 3. The smallest absolute Gasteiger partial charge is 0.409 e. The highest BCUT2D eigenvalue weighted by Gasteiger charge is 2.31. The predicted octanol–water partition coefficient (Wildman–Crippen LogP) is 2.68. The van der Waals surface area contributed by atoms with E-state index in [1.165, 1.54) is 25.6 Å². The molecule has 28 heavy (non-hydrogen) atoms. The zero-order valence-corrected chi connectivity index (χ0v) is 16.3. The number of anilines is 1. The van der Waals surface area contributed by atoms with Gasteiger partial charge in [0.1, 0.15) is 10.8 Å². The van der Waals surface area contributed by atoms with Gasteiger partial charge in [-0.05, 0) is 24.1 Å². The predicted molar refractivity (Wildman–Crippen MR) is 103 cm³/mol. The molecule has 3 rings (SSSR count). The van der Waals surface area contributed by atoms with Gasteiger partial charge in [0.05, 0.1) is 26.3 Å². The second-order valence-electron chi connectivity index (χ2n) is 5.99. The molecule has 0 saturated heterocycles. The Balaban J connectivity index is 1.76. The molecule has 0 saturated carbocycles. The number of carbonyl (C=O) groups is 3. The van der Waals surface area contributed by atoms with Crippen LogP contribution in [0.4, 0.5) is 9.80 Å². The fraction of sp³-hybridized carbons (Fsp3) is 0.316. The zero-order chi connectivity index (χ0) is 20.1. The molecule has 148 valence electrons. The minimum absolute atomic E-state index is 0.193. The molecule has 2 amide bonds. The topological polar surface area (TPSA) is 94.2 Å². The molecule has 8 nitrogen and oxygen atoms in total. The first-order valence-electron chi connectivity index (χ1n) is 8.57. The standard InChI is InChI=1S/C19H20N2O6S/c1-25-18(23)16-13-8-9-21(19(24)26-2)10-14(13)28-17(16)20-15(22)11-27-12-6-4-3-5-7-12/h3-7H,8-11H2,1-2H3,(H,20,22). The number of nitrogens with one attached hydrogen (secondary N) is 1. The van der Waals surface area contributed by atoms with Crippen LogP contribution in [0, 0.1) is 0 Å². The Morgan fingerprint density at radius 1 is 1.14 bits per heavy atom. The molecule has 1 aliphatic rings. The lowest BCUT2D eigenvalue weighted by Crippen LogP contribution is -2.35. The van der Waals surface area contributed by atoms with Crippen molar-refractivity contribution < 1.29 is 28.6 Å². The van der Waals surface area contributed by atoms with Gasteiger partial charge in [-0.15, -0.1) is 11.3 Å². The number of fused-ring (bicyclic) bond motifs is 1. The summed E-state index contributed by atoms with van der Waals surface area (Å²) in [4.78, 5) is 38.8. The molecule has 0 atom stereocenters. The molecule has 1 N–H and O–H groups in total. The average Bonchev–Trinajstić information content (AvgIpc) is 3.08. The van der Waals surface area contributed by atoms with Gasteiger partial charge in [-0.25, -0.2) is 9.59 Å². The maximum Gasteiger partial charge on any atom is 0.409 e. The molecule has 0 unspecified atom stereocenters. The van der Waals surface area contributed by atoms with Crippen LogP contribution in [-0.4, -0.2) is 50.2 Å². The van der Waals surface area contributed by atoms with Gasteiger partial charge in [-0.1, -0.05) is 18.2 Å². The van der Waals surface area contributed by atoms with Crippen molar-refractivity contribution in [2.75, 3.05) is 32.7 Å². The second kappa shape index (κ2) is 8.75. The van der Waals surface area contributed by atoms with Gasteiger partial charge in [-0.3, -0.25) is 4.79 Å². The first kappa shape index (κ1) is 19.7. The van der Waals surface area contributed by atoms with Crippen molar-refractivity contribution in [3.63, 3.8) is 0 Å². The van der Waals surface area contributed by atoms with E-state index < -0.39 is 18.0 Å². The molecular weight excluding hydrogens is 384 g/mol. The summed E-state index contributed by atoms with van der Waals surface area (Å²) >= 11 is 1.25. The van der Waals surface area contributed by atoms with Crippen molar-refractivity contribution in [3.8, 4) is 5.75 Å². The molecule has 2 aromatic rings. The van der Waals surface area contributed by atoms with Gasteiger partial charge in [0, 0.05) is 11.4 Å². The SMILES string of the molecule is COC(=O)c1c(NC(=O)COc2ccccc2)sc2c1CCN(C(=O)OC)C2. The summed E-state index contributed by atoms with van der Waals surface area (Å²) in [5, 5.41) is 3.12. The van der Waals surface area contributed by atoms with Gasteiger partial charge in [0.15, 0.2) is 6.61 Å². The number of carbonyl (C=O) groups excluding carboxylic acids is 3. The Bertz CT molecular complexity index is 880. The summed E-state index contributed by atoms with van der Waals surface area (Å²) in [5.74, 6) is -0.342. The van der Waals surface area contributed by atoms with Crippen LogP contribution in [0.3, 0.4) is 0 Å². The van der Waals surface area contributed by atoms with E-state index in [0.717, 1.165) is 10.4 Å². The molecule has 0 aliphatic carbocycles. The fourth-order valence-electron chi connectivity index (χ4n) is 2.92. The molecule has 1 aliphatic heterocycles. The highest BCUT2D eigenvalue weighted by Crippen LogP contribution is 2.37. The van der Waals surface area contributed by atoms with Crippen LogP contribution in [0.25, 0.3) is 0 Å². The van der Waals surface area contributed by atoms with Crippen LogP contribution in [0.2, 0.25) is 0 Å². The monoisotopic (exact) mass is 404 g/mol. The summed E-state index contributed by atoms with van der Waals surface area (Å²) in [6.45, 7) is 0.541. The summed E-state index contributed by atoms with van der Waals surface area (Å²) in [6.07, 6.45) is 0.0439. The molecule has 9 heteroatoms. The largest absolute Gasteiger partial charge is 0.484 e. The third-order valence-corrected chi connectivity index (χ3v) is 5.38. The van der Waals surface area contributed by atoms with E-state index in [-0.39, 0.29) is 6.61 Å². The summed E-state index contributed by atoms with van der Waals surface area (Å²) in [5.41, 5.74) is 1.12. The fourth-order valence-corrected chi connectivity index (χ4v) is 4.19. The quantitative estimate of drug-likeness (QED) is 0.770. The number of methoxy groups -OCH3 is 2. The van der Waals surface area contributed by atoms with E-state index in [2.05, 4.69) is 5.32 Å². The van der Waals surface area contributed by atoms with Crippen LogP contribution >= 0.6 is 11.3 Å². The van der Waals surface area contributed by atoms with Crippen molar-refractivity contribution in [1.82, 2.24) is 4.90 Å². The zero-order valence-electron chi connectivity index (χ0n) is 15.5. The minimum Gasteiger partial charge on any atom is -0.484 e. The van der Waals surface area contributed by atoms with Crippen molar-refractivity contribution >= 4 is 34.3 Å². The lowest BCUT2D eigenvalue weighted by Gasteiger charge is -2.25. The van der Waals surface area contributed by atoms with E-state index in [1.807, 2.05) is 18.2 Å². The van der Waals surface area contributed by atoms with Gasteiger partial charge >= 0.3 is 12.1 Å². The Kier molecular flexibility index (Phi) is 6.15. The third kappa shape index (κ3) is 4.25. The molecule has 0 spiro atoms. The number of thiophene rings is 1. The lowest BCUT2D eigenvalue weighted by molar-refractivity contribution is -0.118. The molecular formula is C19H20N2O6S. The number of amides is 2. The average molecular weight is 404 g/mol. The van der Waals surface area contributed by atoms with Gasteiger partial charge in [0.25, 0.3) is 5.91 Å². The normalized spacial score (nSPS) is 12.7. The first-order chi connectivity index (χ1) is 13.5. The number of rotatable bonds is 5. The van der Waals surface area contributed by atoms with Crippen LogP contribution in [-0.2, 0) is 27.2 Å². The number of esters is 1. The van der Waals surface area contributed by atoms with Crippen molar-refractivity contribution in [2.24, 2.45) is 0 Å². The highest BCUT2D eigenvalue weighted by molar-refractivity contribution is 7.17. The number of para-hydroxylation sites is 1. The van der Waals surface area contributed by atoms with E-state index in [1.54, 1.807) is 17.0 Å². The number of benzene rings is 1. The van der Waals surface area contributed by atoms with Gasteiger partial charge < -0.3 is 24.4 Å². The molecule has 0 fully saturated rings. The van der Waals surface area contributed by atoms with Crippen LogP contribution in [0.1, 0.15) is 20.8 Å². The van der Waals surface area contributed by atoms with E-state index in [0.29, 0.717) is 35.8 Å². The van der Waals surface area contributed by atoms with Crippen LogP contribution < -0.4 is 10.1 Å². The van der Waals surface area contributed by atoms with Gasteiger partial charge in [-0.2, -0.15) is 0 Å². The maximum absolute atomic E-state index is 12.3. The van der Waals surface area contributed by atoms with E-state index in [9.17, 15) is 14.4 Å². The molecule has 1 aromatic heterocycles. The summed E-state index contributed by atoms with van der Waals surface area (Å²) in [7, 11) is 2.62. The molecule has 0 radical (unpaired) electrons. The second-order valence-corrected chi connectivity index (χ2v) is 7.10. The molecule has 1 aromatic carbocycles. The van der Waals surface area contributed by atoms with E-state index >= 15 is 0 Å². The lowest BCUT2D eigenvalue weighted by atomic mass is 10.0.